The Morgan fingerprint density at radius 3 is 2.39 bits per heavy atom. The fourth-order valence-corrected chi connectivity index (χ4v) is 5.27. The molecule has 0 aliphatic rings. The summed E-state index contributed by atoms with van der Waals surface area (Å²) in [6.07, 6.45) is 2.10. The van der Waals surface area contributed by atoms with Crippen LogP contribution in [0.1, 0.15) is 44.9 Å². The molecule has 0 bridgehead atoms. The summed E-state index contributed by atoms with van der Waals surface area (Å²) in [5.41, 5.74) is 6.68. The molecule has 0 N–H and O–H groups in total. The van der Waals surface area contributed by atoms with Gasteiger partial charge >= 0.3 is 0 Å². The van der Waals surface area contributed by atoms with Crippen molar-refractivity contribution in [3.8, 4) is 33.8 Å². The van der Waals surface area contributed by atoms with Crippen LogP contribution in [0.3, 0.4) is 0 Å². The lowest BCUT2D eigenvalue weighted by Crippen LogP contribution is -2.17. The van der Waals surface area contributed by atoms with Crippen molar-refractivity contribution in [2.45, 2.75) is 46.0 Å². The van der Waals surface area contributed by atoms with Crippen LogP contribution in [0.25, 0.3) is 28.1 Å². The molecular formula is C29H30Cl2N2O2S. The predicted molar refractivity (Wildman–Crippen MR) is 152 cm³/mol. The molecule has 1 heterocycles. The number of halogens is 2. The van der Waals surface area contributed by atoms with Gasteiger partial charge in [-0.15, -0.1) is 0 Å². The van der Waals surface area contributed by atoms with Crippen molar-refractivity contribution in [2.75, 3.05) is 7.11 Å². The molecule has 4 nitrogen and oxygen atoms in total. The largest absolute Gasteiger partial charge is 0.400 e. The average Bonchev–Trinajstić information content (AvgIpc) is 3.28. The summed E-state index contributed by atoms with van der Waals surface area (Å²) in [4.78, 5) is 0. The van der Waals surface area contributed by atoms with E-state index in [1.165, 1.54) is 0 Å². The highest BCUT2D eigenvalue weighted by Crippen LogP contribution is 2.39. The van der Waals surface area contributed by atoms with Crippen molar-refractivity contribution in [3.05, 3.63) is 88.0 Å². The second kappa shape index (κ2) is 11.3. The maximum Gasteiger partial charge on any atom is 0.225 e. The lowest BCUT2D eigenvalue weighted by atomic mass is 9.84. The van der Waals surface area contributed by atoms with Gasteiger partial charge in [-0.05, 0) is 66.4 Å². The topological polar surface area (TPSA) is 36.3 Å². The summed E-state index contributed by atoms with van der Waals surface area (Å²) in [6.45, 7) is 8.72. The fourth-order valence-electron chi connectivity index (χ4n) is 4.44. The number of benzene rings is 3. The van der Waals surface area contributed by atoms with Gasteiger partial charge in [0, 0.05) is 11.0 Å². The second-order valence-electron chi connectivity index (χ2n) is 9.40. The van der Waals surface area contributed by atoms with Crippen LogP contribution in [0.15, 0.2) is 66.7 Å². The highest BCUT2D eigenvalue weighted by Gasteiger charge is 2.27. The quantitative estimate of drug-likeness (QED) is 0.198. The van der Waals surface area contributed by atoms with Gasteiger partial charge in [-0.1, -0.05) is 80.7 Å². The Hall–Kier alpha value is -2.44. The van der Waals surface area contributed by atoms with Crippen LogP contribution in [-0.4, -0.2) is 16.9 Å². The van der Waals surface area contributed by atoms with E-state index in [1.54, 1.807) is 7.11 Å². The Labute approximate surface area is 228 Å². The number of nitrogens with zero attached hydrogens (tertiary/aromatic N) is 2. The Bertz CT molecular complexity index is 1350. The van der Waals surface area contributed by atoms with Crippen LogP contribution in [0.5, 0.6) is 5.75 Å². The lowest BCUT2D eigenvalue weighted by Gasteiger charge is -2.21. The Balaban J connectivity index is 1.83. The molecule has 0 fully saturated rings. The molecule has 0 saturated heterocycles. The summed E-state index contributed by atoms with van der Waals surface area (Å²) in [5.74, 6) is 0.700. The third-order valence-electron chi connectivity index (χ3n) is 6.30. The van der Waals surface area contributed by atoms with E-state index in [4.69, 9.17) is 36.7 Å². The van der Waals surface area contributed by atoms with Gasteiger partial charge in [-0.25, -0.2) is 4.68 Å². The van der Waals surface area contributed by atoms with Gasteiger partial charge < -0.3 is 4.18 Å². The summed E-state index contributed by atoms with van der Waals surface area (Å²) in [5, 5.41) is 6.36. The third kappa shape index (κ3) is 5.60. The van der Waals surface area contributed by atoms with Crippen molar-refractivity contribution < 1.29 is 8.37 Å². The van der Waals surface area contributed by atoms with Crippen molar-refractivity contribution in [1.29, 1.82) is 0 Å². The monoisotopic (exact) mass is 540 g/mol. The Morgan fingerprint density at radius 2 is 1.69 bits per heavy atom. The lowest BCUT2D eigenvalue weighted by molar-refractivity contribution is 0.439. The highest BCUT2D eigenvalue weighted by molar-refractivity contribution is 7.90. The number of hydrogen-bond acceptors (Lipinski definition) is 4. The van der Waals surface area contributed by atoms with Gasteiger partial charge in [0.15, 0.2) is 0 Å². The molecule has 0 amide bonds. The highest BCUT2D eigenvalue weighted by atomic mass is 35.5. The molecule has 0 saturated carbocycles. The molecule has 0 unspecified atom stereocenters. The van der Waals surface area contributed by atoms with Crippen LogP contribution in [0, 0.1) is 6.92 Å². The van der Waals surface area contributed by atoms with Gasteiger partial charge in [-0.3, -0.25) is 4.18 Å². The molecule has 4 aromatic rings. The SMILES string of the molecule is CCCC(C)(C)c1cc(-c2c(C)cccc2Cl)n(-c2ccc(-c3cccc(OSOC)c3)cc2Cl)n1. The molecule has 0 aliphatic carbocycles. The van der Waals surface area contributed by atoms with Gasteiger partial charge in [0.1, 0.15) is 5.75 Å². The molecule has 3 aromatic carbocycles. The van der Waals surface area contributed by atoms with E-state index >= 15 is 0 Å². The van der Waals surface area contributed by atoms with Crippen LogP contribution in [0.2, 0.25) is 10.0 Å². The Kier molecular flexibility index (Phi) is 8.36. The molecule has 36 heavy (non-hydrogen) atoms. The second-order valence-corrected chi connectivity index (χ2v) is 10.9. The van der Waals surface area contributed by atoms with Gasteiger partial charge in [0.2, 0.25) is 12.3 Å². The fraction of sp³-hybridized carbons (Fsp3) is 0.276. The first-order valence-electron chi connectivity index (χ1n) is 11.9. The minimum Gasteiger partial charge on any atom is -0.400 e. The first-order valence-corrected chi connectivity index (χ1v) is 13.3. The van der Waals surface area contributed by atoms with Gasteiger partial charge in [0.25, 0.3) is 0 Å². The molecule has 0 atom stereocenters. The van der Waals surface area contributed by atoms with Crippen LogP contribution >= 0.6 is 35.5 Å². The van der Waals surface area contributed by atoms with Crippen molar-refractivity contribution >= 4 is 35.5 Å². The van der Waals surface area contributed by atoms with Crippen LogP contribution in [0.4, 0.5) is 0 Å². The van der Waals surface area contributed by atoms with E-state index in [-0.39, 0.29) is 5.41 Å². The smallest absolute Gasteiger partial charge is 0.225 e. The zero-order chi connectivity index (χ0) is 25.9. The van der Waals surface area contributed by atoms with Crippen molar-refractivity contribution in [2.24, 2.45) is 0 Å². The molecule has 1 aromatic heterocycles. The molecule has 7 heteroatoms. The van der Waals surface area contributed by atoms with E-state index < -0.39 is 0 Å². The minimum absolute atomic E-state index is 0.0863. The van der Waals surface area contributed by atoms with Gasteiger partial charge in [0.05, 0.1) is 34.2 Å². The summed E-state index contributed by atoms with van der Waals surface area (Å²) in [6, 6.07) is 21.9. The summed E-state index contributed by atoms with van der Waals surface area (Å²) in [7, 11) is 1.56. The maximum absolute atomic E-state index is 6.91. The zero-order valence-corrected chi connectivity index (χ0v) is 23.5. The van der Waals surface area contributed by atoms with E-state index in [9.17, 15) is 0 Å². The standard InChI is InChI=1S/C29H30Cl2N2O2S/c1-6-15-29(3,4)27-18-26(28-19(2)9-7-12-23(28)30)33(32-27)25-14-13-21(17-24(25)31)20-10-8-11-22(16-20)35-36-34-5/h7-14,16-18H,6,15H2,1-5H3. The maximum atomic E-state index is 6.91. The normalized spacial score (nSPS) is 11.6. The van der Waals surface area contributed by atoms with E-state index in [2.05, 4.69) is 39.8 Å². The first kappa shape index (κ1) is 26.6. The van der Waals surface area contributed by atoms with Crippen LogP contribution < -0.4 is 4.18 Å². The molecule has 0 radical (unpaired) electrons. The average molecular weight is 542 g/mol. The molecule has 0 spiro atoms. The minimum atomic E-state index is -0.0863. The van der Waals surface area contributed by atoms with Gasteiger partial charge in [-0.2, -0.15) is 5.10 Å². The number of hydrogen-bond donors (Lipinski definition) is 0. The van der Waals surface area contributed by atoms with E-state index in [1.807, 2.05) is 59.3 Å². The number of rotatable bonds is 9. The molecule has 4 rings (SSSR count). The van der Waals surface area contributed by atoms with E-state index in [0.29, 0.717) is 15.8 Å². The Morgan fingerprint density at radius 1 is 0.944 bits per heavy atom. The van der Waals surface area contributed by atoms with E-state index in [0.717, 1.165) is 64.5 Å². The predicted octanol–water partition coefficient (Wildman–Crippen LogP) is 9.49. The van der Waals surface area contributed by atoms with Crippen LogP contribution in [-0.2, 0) is 9.60 Å². The first-order chi connectivity index (χ1) is 17.2. The zero-order valence-electron chi connectivity index (χ0n) is 21.1. The summed E-state index contributed by atoms with van der Waals surface area (Å²) < 4.78 is 12.4. The van der Waals surface area contributed by atoms with Crippen molar-refractivity contribution in [1.82, 2.24) is 9.78 Å². The molecule has 188 valence electrons. The number of aromatic nitrogens is 2. The molecule has 0 aliphatic heterocycles. The summed E-state index contributed by atoms with van der Waals surface area (Å²) >= 11 is 14.5. The third-order valence-corrected chi connectivity index (χ3v) is 7.31. The number of aryl methyl sites for hydroxylation is 1. The molecular weight excluding hydrogens is 511 g/mol. The van der Waals surface area contributed by atoms with Crippen molar-refractivity contribution in [3.63, 3.8) is 0 Å².